The van der Waals surface area contributed by atoms with Gasteiger partial charge in [0.05, 0.1) is 26.2 Å². The van der Waals surface area contributed by atoms with Gasteiger partial charge in [0.2, 0.25) is 5.12 Å². The maximum absolute atomic E-state index is 10.6. The first-order chi connectivity index (χ1) is 11.8. The Balaban J connectivity index is 0. The minimum atomic E-state index is -1.23. The summed E-state index contributed by atoms with van der Waals surface area (Å²) in [4.78, 5) is 54.1. The highest BCUT2D eigenvalue weighted by molar-refractivity contribution is 7.96. The Morgan fingerprint density at radius 2 is 0.923 bits per heavy atom. The maximum Gasteiger partial charge on any atom is 0.317 e. The van der Waals surface area contributed by atoms with Crippen molar-refractivity contribution < 1.29 is 49.5 Å². The SMILES string of the molecule is CC(O)C(=O)S.O=C(O)CN(CCN(CC(=O)O)CC(=O)O)CC(=O)O. The van der Waals surface area contributed by atoms with Crippen LogP contribution in [-0.2, 0) is 24.0 Å². The molecule has 0 saturated heterocycles. The highest BCUT2D eigenvalue weighted by atomic mass is 32.1. The largest absolute Gasteiger partial charge is 0.480 e. The van der Waals surface area contributed by atoms with E-state index in [2.05, 4.69) is 12.6 Å². The highest BCUT2D eigenvalue weighted by Gasteiger charge is 2.17. The highest BCUT2D eigenvalue weighted by Crippen LogP contribution is 1.94. The molecule has 1 atom stereocenters. The number of carbonyl (C=O) groups excluding carboxylic acids is 1. The number of aliphatic hydroxyl groups excluding tert-OH is 1. The van der Waals surface area contributed by atoms with Gasteiger partial charge in [0, 0.05) is 13.1 Å². The Bertz CT molecular complexity index is 443. The molecule has 0 aromatic rings. The lowest BCUT2D eigenvalue weighted by Crippen LogP contribution is -2.43. The lowest BCUT2D eigenvalue weighted by molar-refractivity contribution is -0.145. The van der Waals surface area contributed by atoms with Crippen LogP contribution in [0.1, 0.15) is 6.92 Å². The summed E-state index contributed by atoms with van der Waals surface area (Å²) in [6.07, 6.45) is -0.923. The summed E-state index contributed by atoms with van der Waals surface area (Å²) in [5.74, 6) is -4.91. The van der Waals surface area contributed by atoms with Gasteiger partial charge in [-0.1, -0.05) is 0 Å². The van der Waals surface area contributed by atoms with Crippen LogP contribution < -0.4 is 0 Å². The lowest BCUT2D eigenvalue weighted by atomic mass is 10.4. The van der Waals surface area contributed by atoms with Crippen molar-refractivity contribution in [2.24, 2.45) is 0 Å². The van der Waals surface area contributed by atoms with Crippen molar-refractivity contribution in [3.8, 4) is 0 Å². The van der Waals surface area contributed by atoms with Crippen LogP contribution >= 0.6 is 12.6 Å². The maximum atomic E-state index is 10.6. The summed E-state index contributed by atoms with van der Waals surface area (Å²) in [7, 11) is 0. The zero-order valence-corrected chi connectivity index (χ0v) is 14.8. The number of rotatable bonds is 12. The summed E-state index contributed by atoms with van der Waals surface area (Å²) in [6, 6.07) is 0. The van der Waals surface area contributed by atoms with Crippen molar-refractivity contribution in [1.82, 2.24) is 9.80 Å². The number of hydrogen-bond donors (Lipinski definition) is 6. The first-order valence-corrected chi connectivity index (χ1v) is 7.52. The number of hydrogen-bond acceptors (Lipinski definition) is 8. The van der Waals surface area contributed by atoms with Crippen molar-refractivity contribution in [3.63, 3.8) is 0 Å². The Morgan fingerprint density at radius 1 is 0.731 bits per heavy atom. The van der Waals surface area contributed by atoms with Crippen molar-refractivity contribution in [1.29, 1.82) is 0 Å². The van der Waals surface area contributed by atoms with E-state index in [-0.39, 0.29) is 13.1 Å². The molecule has 0 aromatic carbocycles. The second-order valence-electron chi connectivity index (χ2n) is 5.01. The number of carbonyl (C=O) groups is 5. The first kappa shape index (κ1) is 26.0. The van der Waals surface area contributed by atoms with Gasteiger partial charge < -0.3 is 25.5 Å². The summed E-state index contributed by atoms with van der Waals surface area (Å²) >= 11 is 3.30. The van der Waals surface area contributed by atoms with Crippen molar-refractivity contribution in [2.45, 2.75) is 13.0 Å². The van der Waals surface area contributed by atoms with Crippen LogP contribution in [0, 0.1) is 0 Å². The molecule has 0 fully saturated rings. The molecule has 26 heavy (non-hydrogen) atoms. The summed E-state index contributed by atoms with van der Waals surface area (Å²) < 4.78 is 0. The third-order valence-electron chi connectivity index (χ3n) is 2.53. The standard InChI is InChI=1S/C10H16N2O8.C3H6O2S/c13-7(14)3-11(4-8(15)16)1-2-12(5-9(17)18)6-10(19)20;1-2(4)3(5)6/h1-6H2,(H,13,14)(H,15,16)(H,17,18)(H,19,20);2,4H,1H3,(H,5,6). The molecule has 0 radical (unpaired) electrons. The molecule has 12 nitrogen and oxygen atoms in total. The second-order valence-corrected chi connectivity index (χ2v) is 5.45. The van der Waals surface area contributed by atoms with E-state index in [9.17, 15) is 24.0 Å². The third-order valence-corrected chi connectivity index (χ3v) is 2.90. The molecule has 0 amide bonds. The molecule has 0 aromatic heterocycles. The predicted octanol–water partition coefficient (Wildman–Crippen LogP) is -2.25. The van der Waals surface area contributed by atoms with Crippen LogP contribution in [0.25, 0.3) is 0 Å². The van der Waals surface area contributed by atoms with Gasteiger partial charge in [0.25, 0.3) is 0 Å². The number of aliphatic hydroxyl groups is 1. The molecular weight excluding hydrogens is 376 g/mol. The molecule has 13 heteroatoms. The molecule has 0 aliphatic heterocycles. The van der Waals surface area contributed by atoms with Crippen molar-refractivity contribution >= 4 is 41.6 Å². The van der Waals surface area contributed by atoms with E-state index in [0.717, 1.165) is 9.80 Å². The molecule has 0 heterocycles. The molecular formula is C13H22N2O10S. The molecule has 0 bridgehead atoms. The van der Waals surface area contributed by atoms with Crippen molar-refractivity contribution in [3.05, 3.63) is 0 Å². The molecule has 0 rings (SSSR count). The number of carboxylic acid groups (broad SMARTS) is 4. The summed E-state index contributed by atoms with van der Waals surface area (Å²) in [5.41, 5.74) is 0. The lowest BCUT2D eigenvalue weighted by Gasteiger charge is -2.23. The van der Waals surface area contributed by atoms with Gasteiger partial charge in [-0.2, -0.15) is 0 Å². The van der Waals surface area contributed by atoms with E-state index in [0.29, 0.717) is 0 Å². The predicted molar refractivity (Wildman–Crippen MR) is 89.1 cm³/mol. The second kappa shape index (κ2) is 14.0. The van der Waals surface area contributed by atoms with Crippen LogP contribution in [0.15, 0.2) is 0 Å². The van der Waals surface area contributed by atoms with Crippen LogP contribution in [0.5, 0.6) is 0 Å². The average Bonchev–Trinajstić information content (AvgIpc) is 2.42. The molecule has 1 unspecified atom stereocenters. The van der Waals surface area contributed by atoms with Gasteiger partial charge >= 0.3 is 23.9 Å². The third kappa shape index (κ3) is 18.1. The van der Waals surface area contributed by atoms with Gasteiger partial charge in [-0.15, -0.1) is 12.6 Å². The van der Waals surface area contributed by atoms with E-state index in [1.54, 1.807) is 0 Å². The molecule has 150 valence electrons. The zero-order valence-electron chi connectivity index (χ0n) is 13.9. The molecule has 0 saturated carbocycles. The smallest absolute Gasteiger partial charge is 0.317 e. The number of carboxylic acids is 4. The quantitative estimate of drug-likeness (QED) is 0.194. The van der Waals surface area contributed by atoms with E-state index in [1.165, 1.54) is 6.92 Å². The minimum absolute atomic E-state index is 0.0703. The van der Waals surface area contributed by atoms with E-state index in [1.807, 2.05) is 0 Å². The monoisotopic (exact) mass is 398 g/mol. The van der Waals surface area contributed by atoms with Gasteiger partial charge in [-0.05, 0) is 6.92 Å². The van der Waals surface area contributed by atoms with Gasteiger partial charge in [0.15, 0.2) is 0 Å². The Labute approximate surface area is 154 Å². The van der Waals surface area contributed by atoms with E-state index >= 15 is 0 Å². The van der Waals surface area contributed by atoms with Crippen LogP contribution in [0.2, 0.25) is 0 Å². The molecule has 0 aliphatic rings. The topological polar surface area (TPSA) is 193 Å². The number of nitrogens with zero attached hydrogens (tertiary/aromatic N) is 2. The van der Waals surface area contributed by atoms with Crippen LogP contribution in [0.3, 0.4) is 0 Å². The normalized spacial score (nSPS) is 11.4. The van der Waals surface area contributed by atoms with Crippen molar-refractivity contribution in [2.75, 3.05) is 39.3 Å². The van der Waals surface area contributed by atoms with E-state index < -0.39 is 61.3 Å². The molecule has 0 aliphatic carbocycles. The first-order valence-electron chi connectivity index (χ1n) is 7.07. The summed E-state index contributed by atoms with van der Waals surface area (Å²) in [5, 5.41) is 42.2. The van der Waals surface area contributed by atoms with Gasteiger partial charge in [0.1, 0.15) is 6.10 Å². The fraction of sp³-hybridized carbons (Fsp3) is 0.615. The van der Waals surface area contributed by atoms with Crippen LogP contribution in [0.4, 0.5) is 0 Å². The van der Waals surface area contributed by atoms with E-state index in [4.69, 9.17) is 25.5 Å². The Hall–Kier alpha value is -2.22. The Kier molecular flexibility index (Phi) is 14.0. The minimum Gasteiger partial charge on any atom is -0.480 e. The fourth-order valence-electron chi connectivity index (χ4n) is 1.48. The Morgan fingerprint density at radius 3 is 1.04 bits per heavy atom. The number of aliphatic carboxylic acids is 4. The average molecular weight is 398 g/mol. The fourth-order valence-corrected chi connectivity index (χ4v) is 1.48. The van der Waals surface area contributed by atoms with Gasteiger partial charge in [-0.25, -0.2) is 0 Å². The molecule has 0 spiro atoms. The van der Waals surface area contributed by atoms with Crippen LogP contribution in [-0.4, -0.2) is 110 Å². The zero-order chi connectivity index (χ0) is 20.9. The summed E-state index contributed by atoms with van der Waals surface area (Å²) in [6.45, 7) is -0.880. The van der Waals surface area contributed by atoms with Gasteiger partial charge in [-0.3, -0.25) is 33.8 Å². The molecule has 5 N–H and O–H groups in total. The number of thiol groups is 1.